The van der Waals surface area contributed by atoms with Crippen molar-refractivity contribution in [2.24, 2.45) is 0 Å². The van der Waals surface area contributed by atoms with Crippen LogP contribution in [0.1, 0.15) is 25.1 Å². The van der Waals surface area contributed by atoms with Gasteiger partial charge in [0.05, 0.1) is 18.7 Å². The average Bonchev–Trinajstić information content (AvgIpc) is 3.00. The third kappa shape index (κ3) is 5.66. The molecule has 0 fully saturated rings. The lowest BCUT2D eigenvalue weighted by atomic mass is 10.2. The lowest BCUT2D eigenvalue weighted by Gasteiger charge is -2.06. The molecule has 6 nitrogen and oxygen atoms in total. The fourth-order valence-corrected chi connectivity index (χ4v) is 2.66. The predicted octanol–water partition coefficient (Wildman–Crippen LogP) is 2.83. The zero-order chi connectivity index (χ0) is 17.4. The first-order valence-electron chi connectivity index (χ1n) is 7.72. The molecule has 0 atom stereocenters. The maximum Gasteiger partial charge on any atom is 0.311 e. The topological polar surface area (TPSA) is 77.5 Å². The molecule has 0 radical (unpaired) electrons. The number of hydrogen-bond donors (Lipinski definition) is 1. The molecule has 24 heavy (non-hydrogen) atoms. The highest BCUT2D eigenvalue weighted by Crippen LogP contribution is 2.16. The molecule has 2 aromatic rings. The molecular weight excluding hydrogens is 328 g/mol. The van der Waals surface area contributed by atoms with Crippen molar-refractivity contribution in [3.63, 3.8) is 0 Å². The maximum atomic E-state index is 11.9. The number of ether oxygens (including phenoxy) is 2. The van der Waals surface area contributed by atoms with E-state index in [0.29, 0.717) is 23.2 Å². The van der Waals surface area contributed by atoms with Gasteiger partial charge in [0.25, 0.3) is 5.91 Å². The highest BCUT2D eigenvalue weighted by Gasteiger charge is 2.11. The van der Waals surface area contributed by atoms with Crippen molar-refractivity contribution in [3.05, 3.63) is 40.9 Å². The fraction of sp³-hybridized carbons (Fsp3) is 0.353. The van der Waals surface area contributed by atoms with Gasteiger partial charge in [-0.2, -0.15) is 0 Å². The average molecular weight is 348 g/mol. The highest BCUT2D eigenvalue weighted by atomic mass is 32.1. The second-order valence-corrected chi connectivity index (χ2v) is 5.82. The molecule has 1 N–H and O–H groups in total. The maximum absolute atomic E-state index is 11.9. The minimum atomic E-state index is -0.334. The molecule has 0 saturated carbocycles. The zero-order valence-corrected chi connectivity index (χ0v) is 14.5. The molecule has 2 rings (SSSR count). The Morgan fingerprint density at radius 2 is 1.96 bits per heavy atom. The van der Waals surface area contributed by atoms with E-state index in [4.69, 9.17) is 9.47 Å². The monoisotopic (exact) mass is 348 g/mol. The first-order chi connectivity index (χ1) is 11.6. The summed E-state index contributed by atoms with van der Waals surface area (Å²) in [5.41, 5.74) is 1.79. The van der Waals surface area contributed by atoms with Crippen molar-refractivity contribution in [3.8, 4) is 5.75 Å². The summed E-state index contributed by atoms with van der Waals surface area (Å²) in [5.74, 6) is 0.00984. The van der Waals surface area contributed by atoms with Crippen LogP contribution < -0.4 is 10.1 Å². The van der Waals surface area contributed by atoms with Gasteiger partial charge in [0.1, 0.15) is 5.75 Å². The van der Waals surface area contributed by atoms with Crippen LogP contribution in [-0.2, 0) is 27.2 Å². The van der Waals surface area contributed by atoms with E-state index in [1.165, 1.54) is 16.9 Å². The van der Waals surface area contributed by atoms with Crippen LogP contribution >= 0.6 is 11.3 Å². The number of carbonyl (C=O) groups is 2. The first kappa shape index (κ1) is 17.9. The molecule has 128 valence electrons. The molecule has 0 aliphatic heterocycles. The Morgan fingerprint density at radius 1 is 1.21 bits per heavy atom. The highest BCUT2D eigenvalue weighted by molar-refractivity contribution is 7.13. The Kier molecular flexibility index (Phi) is 6.74. The molecule has 7 heteroatoms. The van der Waals surface area contributed by atoms with Gasteiger partial charge >= 0.3 is 5.97 Å². The normalized spacial score (nSPS) is 10.2. The number of aromatic nitrogens is 1. The van der Waals surface area contributed by atoms with Crippen LogP contribution in [0, 0.1) is 0 Å². The third-order valence-corrected chi connectivity index (χ3v) is 3.94. The Balaban J connectivity index is 1.79. The zero-order valence-electron chi connectivity index (χ0n) is 13.7. The van der Waals surface area contributed by atoms with Crippen LogP contribution in [0.4, 0.5) is 5.13 Å². The molecule has 0 bridgehead atoms. The summed E-state index contributed by atoms with van der Waals surface area (Å²) in [6, 6.07) is 7.62. The second-order valence-electron chi connectivity index (χ2n) is 4.96. The number of anilines is 1. The van der Waals surface area contributed by atoms with Gasteiger partial charge in [0.15, 0.2) is 11.7 Å². The quantitative estimate of drug-likeness (QED) is 0.742. The molecule has 0 saturated heterocycles. The molecule has 0 spiro atoms. The fourth-order valence-electron chi connectivity index (χ4n) is 1.93. The van der Waals surface area contributed by atoms with Gasteiger partial charge < -0.3 is 9.47 Å². The van der Waals surface area contributed by atoms with E-state index in [1.807, 2.05) is 24.3 Å². The molecule has 1 aromatic carbocycles. The molecular formula is C17H20N2O4S. The van der Waals surface area contributed by atoms with E-state index in [1.54, 1.807) is 12.3 Å². The first-order valence-corrected chi connectivity index (χ1v) is 8.60. The van der Waals surface area contributed by atoms with Gasteiger partial charge in [-0.25, -0.2) is 4.98 Å². The molecule has 1 amide bonds. The standard InChI is InChI=1S/C17H20N2O4S/c1-3-12-5-7-14(8-6-12)23-10-15(20)19-17-18-13(11-24-17)9-16(21)22-4-2/h5-8,11H,3-4,9-10H2,1-2H3,(H,18,19,20). The molecule has 1 aromatic heterocycles. The van der Waals surface area contributed by atoms with E-state index >= 15 is 0 Å². The van der Waals surface area contributed by atoms with Crippen molar-refractivity contribution < 1.29 is 19.1 Å². The van der Waals surface area contributed by atoms with Crippen LogP contribution in [0.3, 0.4) is 0 Å². The summed E-state index contributed by atoms with van der Waals surface area (Å²) in [4.78, 5) is 27.4. The summed E-state index contributed by atoms with van der Waals surface area (Å²) in [6.45, 7) is 4.06. The Labute approximate surface area is 144 Å². The number of benzene rings is 1. The molecule has 0 unspecified atom stereocenters. The summed E-state index contributed by atoms with van der Waals surface area (Å²) in [7, 11) is 0. The van der Waals surface area contributed by atoms with Crippen LogP contribution in [0.15, 0.2) is 29.6 Å². The van der Waals surface area contributed by atoms with Gasteiger partial charge in [0.2, 0.25) is 0 Å². The number of aryl methyl sites for hydroxylation is 1. The lowest BCUT2D eigenvalue weighted by molar-refractivity contribution is -0.142. The third-order valence-electron chi connectivity index (χ3n) is 3.13. The van der Waals surface area contributed by atoms with E-state index < -0.39 is 0 Å². The van der Waals surface area contributed by atoms with Gasteiger partial charge in [-0.1, -0.05) is 19.1 Å². The second kappa shape index (κ2) is 9.02. The van der Waals surface area contributed by atoms with Gasteiger partial charge in [0, 0.05) is 5.38 Å². The van der Waals surface area contributed by atoms with Crippen molar-refractivity contribution in [2.75, 3.05) is 18.5 Å². The number of nitrogens with one attached hydrogen (secondary N) is 1. The van der Waals surface area contributed by atoms with Crippen LogP contribution in [0.2, 0.25) is 0 Å². The number of rotatable bonds is 8. The number of amides is 1. The lowest BCUT2D eigenvalue weighted by Crippen LogP contribution is -2.20. The minimum absolute atomic E-state index is 0.0977. The molecule has 0 aliphatic rings. The van der Waals surface area contributed by atoms with Gasteiger partial charge in [-0.15, -0.1) is 11.3 Å². The predicted molar refractivity (Wildman–Crippen MR) is 92.4 cm³/mol. The number of hydrogen-bond acceptors (Lipinski definition) is 6. The molecule has 1 heterocycles. The summed E-state index contributed by atoms with van der Waals surface area (Å²) >= 11 is 1.26. The van der Waals surface area contributed by atoms with Gasteiger partial charge in [-0.3, -0.25) is 14.9 Å². The largest absolute Gasteiger partial charge is 0.484 e. The molecule has 0 aliphatic carbocycles. The number of carbonyl (C=O) groups excluding carboxylic acids is 2. The smallest absolute Gasteiger partial charge is 0.311 e. The minimum Gasteiger partial charge on any atom is -0.484 e. The van der Waals surface area contributed by atoms with Crippen LogP contribution in [0.5, 0.6) is 5.75 Å². The van der Waals surface area contributed by atoms with E-state index in [2.05, 4.69) is 17.2 Å². The van der Waals surface area contributed by atoms with Gasteiger partial charge in [-0.05, 0) is 31.0 Å². The Hall–Kier alpha value is -2.41. The van der Waals surface area contributed by atoms with E-state index in [-0.39, 0.29) is 24.9 Å². The van der Waals surface area contributed by atoms with Crippen LogP contribution in [-0.4, -0.2) is 30.1 Å². The summed E-state index contributed by atoms with van der Waals surface area (Å²) in [6.07, 6.45) is 1.05. The van der Waals surface area contributed by atoms with Crippen molar-refractivity contribution >= 4 is 28.3 Å². The number of nitrogens with zero attached hydrogens (tertiary/aromatic N) is 1. The van der Waals surface area contributed by atoms with E-state index in [0.717, 1.165) is 6.42 Å². The number of thiazole rings is 1. The SMILES string of the molecule is CCOC(=O)Cc1csc(NC(=O)COc2ccc(CC)cc2)n1. The van der Waals surface area contributed by atoms with Crippen LogP contribution in [0.25, 0.3) is 0 Å². The van der Waals surface area contributed by atoms with Crippen molar-refractivity contribution in [1.29, 1.82) is 0 Å². The summed E-state index contributed by atoms with van der Waals surface area (Å²) < 4.78 is 10.3. The van der Waals surface area contributed by atoms with Crippen molar-refractivity contribution in [2.45, 2.75) is 26.7 Å². The summed E-state index contributed by atoms with van der Waals surface area (Å²) in [5, 5.41) is 4.81. The van der Waals surface area contributed by atoms with Crippen molar-refractivity contribution in [1.82, 2.24) is 4.98 Å². The Bertz CT molecular complexity index is 682. The Morgan fingerprint density at radius 3 is 2.62 bits per heavy atom. The van der Waals surface area contributed by atoms with E-state index in [9.17, 15) is 9.59 Å². The number of esters is 1.